The van der Waals surface area contributed by atoms with Crippen LogP contribution in [0.3, 0.4) is 0 Å². The number of carbonyl (C=O) groups is 1. The van der Waals surface area contributed by atoms with Gasteiger partial charge in [0.25, 0.3) is 0 Å². The van der Waals surface area contributed by atoms with Crippen LogP contribution in [0.5, 0.6) is 0 Å². The lowest BCUT2D eigenvalue weighted by atomic mass is 9.40. The van der Waals surface area contributed by atoms with Gasteiger partial charge in [-0.25, -0.2) is 0 Å². The highest BCUT2D eigenvalue weighted by Crippen LogP contribution is 2.69. The van der Waals surface area contributed by atoms with E-state index < -0.39 is 0 Å². The molecule has 23 heavy (non-hydrogen) atoms. The average Bonchev–Trinajstić information content (AvgIpc) is 2.92. The van der Waals surface area contributed by atoms with Crippen molar-refractivity contribution < 1.29 is 4.79 Å². The second-order valence-electron chi connectivity index (χ2n) is 9.10. The first-order valence-electron chi connectivity index (χ1n) is 8.91. The minimum atomic E-state index is -0.102. The van der Waals surface area contributed by atoms with Crippen LogP contribution in [0.15, 0.2) is 0 Å². The van der Waals surface area contributed by atoms with Gasteiger partial charge in [0.15, 0.2) is 5.82 Å². The van der Waals surface area contributed by atoms with Gasteiger partial charge in [-0.3, -0.25) is 4.79 Å². The molecule has 1 aromatic rings. The Labute approximate surface area is 137 Å². The number of H-pyrrole nitrogens is 1. The second-order valence-corrected chi connectivity index (χ2v) is 9.10. The topological polar surface area (TPSA) is 83.6 Å². The Balaban J connectivity index is 1.38. The minimum absolute atomic E-state index is 0.102. The first-order valence-corrected chi connectivity index (χ1v) is 8.91. The lowest BCUT2D eigenvalue weighted by Crippen LogP contribution is -2.59. The second kappa shape index (κ2) is 5.02. The summed E-state index contributed by atoms with van der Waals surface area (Å²) in [7, 11) is 0. The van der Waals surface area contributed by atoms with Gasteiger partial charge in [-0.15, -0.1) is 10.2 Å². The molecule has 1 aromatic heterocycles. The van der Waals surface area contributed by atoms with Gasteiger partial charge in [0.2, 0.25) is 5.91 Å². The molecule has 1 heterocycles. The number of nitrogens with zero attached hydrogens (tertiary/aromatic N) is 3. The van der Waals surface area contributed by atoms with Crippen LogP contribution in [-0.2, 0) is 11.2 Å². The van der Waals surface area contributed by atoms with Crippen molar-refractivity contribution >= 4 is 5.91 Å². The molecule has 2 N–H and O–H groups in total. The van der Waals surface area contributed by atoms with E-state index in [0.29, 0.717) is 29.1 Å². The number of aromatic amines is 1. The summed E-state index contributed by atoms with van der Waals surface area (Å²) in [5.41, 5.74) is 0.668. The van der Waals surface area contributed by atoms with E-state index in [1.807, 2.05) is 0 Å². The van der Waals surface area contributed by atoms with E-state index in [-0.39, 0.29) is 5.41 Å². The van der Waals surface area contributed by atoms with Crippen LogP contribution in [0, 0.1) is 22.2 Å². The van der Waals surface area contributed by atoms with Crippen molar-refractivity contribution in [1.29, 1.82) is 0 Å². The molecule has 4 aliphatic rings. The smallest absolute Gasteiger partial charge is 0.226 e. The summed E-state index contributed by atoms with van der Waals surface area (Å²) in [6, 6.07) is 0. The molecule has 5 rings (SSSR count). The Kier molecular flexibility index (Phi) is 3.29. The number of carbonyl (C=O) groups excluding carboxylic acids is 1. The van der Waals surface area contributed by atoms with Crippen molar-refractivity contribution in [2.75, 3.05) is 6.54 Å². The maximum absolute atomic E-state index is 13.0. The van der Waals surface area contributed by atoms with E-state index in [0.717, 1.165) is 38.0 Å². The fourth-order valence-electron chi connectivity index (χ4n) is 6.63. The highest BCUT2D eigenvalue weighted by atomic mass is 16.2. The van der Waals surface area contributed by atoms with Crippen LogP contribution < -0.4 is 5.32 Å². The zero-order chi connectivity index (χ0) is 16.1. The number of nitrogens with one attached hydrogen (secondary N) is 2. The zero-order valence-electron chi connectivity index (χ0n) is 14.2. The van der Waals surface area contributed by atoms with E-state index in [4.69, 9.17) is 0 Å². The molecular formula is C17H27N5O. The molecule has 2 unspecified atom stereocenters. The summed E-state index contributed by atoms with van der Waals surface area (Å²) in [5, 5.41) is 17.1. The molecule has 0 spiro atoms. The number of amides is 1. The highest BCUT2D eigenvalue weighted by molar-refractivity contribution is 5.83. The number of hydrogen-bond acceptors (Lipinski definition) is 4. The van der Waals surface area contributed by atoms with Crippen LogP contribution in [0.2, 0.25) is 0 Å². The third-order valence-corrected chi connectivity index (χ3v) is 6.36. The van der Waals surface area contributed by atoms with Crippen molar-refractivity contribution in [2.24, 2.45) is 22.2 Å². The van der Waals surface area contributed by atoms with E-state index >= 15 is 0 Å². The predicted octanol–water partition coefficient (Wildman–Crippen LogP) is 2.25. The quantitative estimate of drug-likeness (QED) is 0.816. The van der Waals surface area contributed by atoms with Crippen molar-refractivity contribution in [3.63, 3.8) is 0 Å². The third-order valence-electron chi connectivity index (χ3n) is 6.36. The van der Waals surface area contributed by atoms with Crippen molar-refractivity contribution in [3.8, 4) is 0 Å². The van der Waals surface area contributed by atoms with Crippen LogP contribution in [0.25, 0.3) is 0 Å². The number of aromatic nitrogens is 4. The van der Waals surface area contributed by atoms with Gasteiger partial charge < -0.3 is 5.32 Å². The van der Waals surface area contributed by atoms with Crippen LogP contribution in [0.1, 0.15) is 64.6 Å². The minimum Gasteiger partial charge on any atom is -0.356 e. The van der Waals surface area contributed by atoms with E-state index in [9.17, 15) is 4.79 Å². The maximum atomic E-state index is 13.0. The number of hydrogen-bond donors (Lipinski definition) is 2. The summed E-state index contributed by atoms with van der Waals surface area (Å²) in [6.07, 6.45) is 8.86. The van der Waals surface area contributed by atoms with Crippen LogP contribution in [-0.4, -0.2) is 33.1 Å². The van der Waals surface area contributed by atoms with E-state index in [1.54, 1.807) is 0 Å². The van der Waals surface area contributed by atoms with Crippen LogP contribution >= 0.6 is 0 Å². The summed E-state index contributed by atoms with van der Waals surface area (Å²) >= 11 is 0. The summed E-state index contributed by atoms with van der Waals surface area (Å²) in [6.45, 7) is 5.52. The number of tetrazole rings is 1. The predicted molar refractivity (Wildman–Crippen MR) is 85.3 cm³/mol. The average molecular weight is 317 g/mol. The fraction of sp³-hybridized carbons (Fsp3) is 0.882. The summed E-state index contributed by atoms with van der Waals surface area (Å²) in [5.74, 6) is 1.77. The Morgan fingerprint density at radius 1 is 1.22 bits per heavy atom. The van der Waals surface area contributed by atoms with Gasteiger partial charge >= 0.3 is 0 Å². The van der Waals surface area contributed by atoms with Crippen molar-refractivity contribution in [3.05, 3.63) is 5.82 Å². The van der Waals surface area contributed by atoms with Gasteiger partial charge in [-0.05, 0) is 61.7 Å². The lowest BCUT2D eigenvalue weighted by Gasteiger charge is -2.64. The van der Waals surface area contributed by atoms with Gasteiger partial charge in [0, 0.05) is 13.0 Å². The van der Waals surface area contributed by atoms with Crippen molar-refractivity contribution in [1.82, 2.24) is 25.9 Å². The highest BCUT2D eigenvalue weighted by Gasteiger charge is 2.62. The molecule has 0 saturated heterocycles. The van der Waals surface area contributed by atoms with E-state index in [2.05, 4.69) is 39.8 Å². The molecule has 1 amide bonds. The Morgan fingerprint density at radius 2 is 1.96 bits per heavy atom. The van der Waals surface area contributed by atoms with Crippen molar-refractivity contribution in [2.45, 2.75) is 65.2 Å². The van der Waals surface area contributed by atoms with Gasteiger partial charge in [0.05, 0.1) is 5.41 Å². The third kappa shape index (κ3) is 2.66. The molecule has 4 fully saturated rings. The molecule has 4 aliphatic carbocycles. The number of aryl methyl sites for hydroxylation is 1. The summed E-state index contributed by atoms with van der Waals surface area (Å²) < 4.78 is 0. The zero-order valence-corrected chi connectivity index (χ0v) is 14.2. The molecule has 0 aliphatic heterocycles. The maximum Gasteiger partial charge on any atom is 0.226 e. The lowest BCUT2D eigenvalue weighted by molar-refractivity contribution is -0.170. The monoisotopic (exact) mass is 317 g/mol. The van der Waals surface area contributed by atoms with Crippen LogP contribution in [0.4, 0.5) is 0 Å². The molecule has 6 heteroatoms. The fourth-order valence-corrected chi connectivity index (χ4v) is 6.63. The molecule has 6 nitrogen and oxygen atoms in total. The summed E-state index contributed by atoms with van der Waals surface area (Å²) in [4.78, 5) is 13.0. The van der Waals surface area contributed by atoms with Gasteiger partial charge in [-0.2, -0.15) is 5.21 Å². The van der Waals surface area contributed by atoms with Gasteiger partial charge in [0.1, 0.15) is 0 Å². The largest absolute Gasteiger partial charge is 0.356 e. The first-order chi connectivity index (χ1) is 10.9. The Morgan fingerprint density at radius 3 is 2.57 bits per heavy atom. The molecule has 126 valence electrons. The number of rotatable bonds is 5. The molecule has 0 aromatic carbocycles. The first kappa shape index (κ1) is 15.1. The van der Waals surface area contributed by atoms with E-state index in [1.165, 1.54) is 19.3 Å². The molecule has 0 radical (unpaired) electrons. The molecule has 4 saturated carbocycles. The Hall–Kier alpha value is -1.46. The normalized spacial score (nSPS) is 41.2. The molecular weight excluding hydrogens is 290 g/mol. The Bertz CT molecular complexity index is 580. The van der Waals surface area contributed by atoms with Gasteiger partial charge in [-0.1, -0.05) is 19.1 Å². The molecule has 4 bridgehead atoms. The SMILES string of the molecule is CC12CC3CC(C)(C1)CC(C(=O)NCCCc1nn[nH]n1)(C3)C2. The standard InChI is InChI=1S/C17H27N5O/c1-15-6-12-7-16(2,9-15)11-17(8-12,10-15)14(23)18-5-3-4-13-19-21-22-20-13/h12H,3-11H2,1-2H3,(H,18,23)(H,19,20,21,22). The molecule has 2 atom stereocenters.